The molecule has 1 unspecified atom stereocenters. The van der Waals surface area contributed by atoms with Crippen molar-refractivity contribution in [2.24, 2.45) is 0 Å². The molecule has 0 saturated heterocycles. The topological polar surface area (TPSA) is 78.9 Å². The van der Waals surface area contributed by atoms with Gasteiger partial charge in [0, 0.05) is 19.3 Å². The molecule has 78 heavy (non-hydrogen) atoms. The summed E-state index contributed by atoms with van der Waals surface area (Å²) >= 11 is 0. The summed E-state index contributed by atoms with van der Waals surface area (Å²) in [5.41, 5.74) is 0. The van der Waals surface area contributed by atoms with Gasteiger partial charge >= 0.3 is 17.9 Å². The van der Waals surface area contributed by atoms with Crippen molar-refractivity contribution < 1.29 is 28.6 Å². The Morgan fingerprint density at radius 1 is 0.269 bits per heavy atom. The summed E-state index contributed by atoms with van der Waals surface area (Å²) < 4.78 is 16.9. The van der Waals surface area contributed by atoms with Crippen LogP contribution in [0.1, 0.15) is 297 Å². The number of esters is 3. The van der Waals surface area contributed by atoms with E-state index >= 15 is 0 Å². The quantitative estimate of drug-likeness (QED) is 0.0261. The van der Waals surface area contributed by atoms with E-state index in [4.69, 9.17) is 14.2 Å². The van der Waals surface area contributed by atoms with E-state index in [9.17, 15) is 14.4 Å². The minimum Gasteiger partial charge on any atom is -0.462 e. The summed E-state index contributed by atoms with van der Waals surface area (Å²) in [6.07, 6.45) is 90.7. The van der Waals surface area contributed by atoms with Crippen molar-refractivity contribution in [2.75, 3.05) is 13.2 Å². The first-order chi connectivity index (χ1) is 38.5. The lowest BCUT2D eigenvalue weighted by Gasteiger charge is -2.18. The van der Waals surface area contributed by atoms with E-state index in [1.54, 1.807) is 0 Å². The molecule has 0 aliphatic rings. The second-order valence-electron chi connectivity index (χ2n) is 21.3. The normalized spacial score (nSPS) is 12.9. The first kappa shape index (κ1) is 73.8. The number of ether oxygens (including phenoxy) is 3. The third-order valence-electron chi connectivity index (χ3n) is 13.7. The lowest BCUT2D eigenvalue weighted by molar-refractivity contribution is -0.167. The number of carbonyl (C=O) groups excluding carboxylic acids is 3. The number of carbonyl (C=O) groups is 3. The molecule has 0 aliphatic heterocycles. The summed E-state index contributed by atoms with van der Waals surface area (Å²) in [6.45, 7) is 6.40. The Balaban J connectivity index is 4.30. The summed E-state index contributed by atoms with van der Waals surface area (Å²) in [7, 11) is 0. The Labute approximate surface area is 482 Å². The minimum atomic E-state index is -0.797. The fraction of sp³-hybridized carbons (Fsp3) is 0.681. The molecule has 1 atom stereocenters. The number of allylic oxidation sites excluding steroid dienone is 20. The van der Waals surface area contributed by atoms with Crippen molar-refractivity contribution in [1.29, 1.82) is 0 Å². The van der Waals surface area contributed by atoms with E-state index in [0.717, 1.165) is 128 Å². The molecular formula is C72H120O6. The monoisotopic (exact) mass is 1080 g/mol. The molecule has 6 nitrogen and oxygen atoms in total. The van der Waals surface area contributed by atoms with E-state index in [0.29, 0.717) is 12.8 Å². The highest BCUT2D eigenvalue weighted by Gasteiger charge is 2.19. The van der Waals surface area contributed by atoms with Gasteiger partial charge in [0.25, 0.3) is 0 Å². The highest BCUT2D eigenvalue weighted by molar-refractivity contribution is 5.71. The number of hydrogen-bond donors (Lipinski definition) is 0. The van der Waals surface area contributed by atoms with Gasteiger partial charge in [-0.25, -0.2) is 0 Å². The Kier molecular flexibility index (Phi) is 61.8. The van der Waals surface area contributed by atoms with Crippen LogP contribution in [0.3, 0.4) is 0 Å². The molecule has 0 spiro atoms. The maximum absolute atomic E-state index is 12.9. The van der Waals surface area contributed by atoms with Gasteiger partial charge in [-0.15, -0.1) is 0 Å². The van der Waals surface area contributed by atoms with Gasteiger partial charge in [-0.2, -0.15) is 0 Å². The van der Waals surface area contributed by atoms with Crippen LogP contribution in [0.2, 0.25) is 0 Å². The van der Waals surface area contributed by atoms with Crippen LogP contribution in [0.4, 0.5) is 0 Å². The van der Waals surface area contributed by atoms with Crippen LogP contribution in [-0.2, 0) is 28.6 Å². The van der Waals surface area contributed by atoms with Crippen LogP contribution in [0.15, 0.2) is 122 Å². The number of hydrogen-bond acceptors (Lipinski definition) is 6. The van der Waals surface area contributed by atoms with Gasteiger partial charge in [-0.3, -0.25) is 14.4 Å². The third-order valence-corrected chi connectivity index (χ3v) is 13.7. The zero-order valence-electron chi connectivity index (χ0n) is 50.9. The fourth-order valence-corrected chi connectivity index (χ4v) is 8.91. The van der Waals surface area contributed by atoms with Crippen molar-refractivity contribution in [1.82, 2.24) is 0 Å². The summed E-state index contributed by atoms with van der Waals surface area (Å²) in [4.78, 5) is 38.3. The van der Waals surface area contributed by atoms with Crippen LogP contribution in [0.25, 0.3) is 0 Å². The predicted octanol–water partition coefficient (Wildman–Crippen LogP) is 22.4. The predicted molar refractivity (Wildman–Crippen MR) is 339 cm³/mol. The average Bonchev–Trinajstić information content (AvgIpc) is 3.44. The number of unbranched alkanes of at least 4 members (excludes halogenated alkanes) is 27. The van der Waals surface area contributed by atoms with E-state index in [2.05, 4.69) is 142 Å². The van der Waals surface area contributed by atoms with E-state index in [1.165, 1.54) is 128 Å². The zero-order chi connectivity index (χ0) is 56.4. The van der Waals surface area contributed by atoms with Gasteiger partial charge < -0.3 is 14.2 Å². The van der Waals surface area contributed by atoms with Crippen LogP contribution in [0, 0.1) is 0 Å². The molecule has 0 aliphatic carbocycles. The standard InChI is InChI=1S/C72H120O6/c1-4-7-10-13-16-19-22-25-27-29-31-32-33-34-35-36-37-38-39-40-42-43-45-47-50-53-56-59-62-65-71(74)77-68-69(67-76-70(73)64-61-58-55-52-49-24-21-18-15-12-9-6-3)78-72(75)66-63-60-57-54-51-48-46-44-41-30-28-26-23-20-17-14-11-8-5-2/h7-8,10-11,16-17,19-20,25-28,31-32,34-35,41,44,48,51,69H,4-6,9,12-15,18,21-24,29-30,33,36-40,42-43,45-47,49-50,52-68H2,1-3H3/b10-7-,11-8-,19-16-,20-17-,27-25-,28-26-,32-31-,35-34-,44-41-,51-48-. The molecule has 0 aromatic rings. The second-order valence-corrected chi connectivity index (χ2v) is 21.3. The molecular weight excluding hydrogens is 961 g/mol. The Bertz CT molecular complexity index is 1620. The van der Waals surface area contributed by atoms with Gasteiger partial charge in [0.15, 0.2) is 6.10 Å². The summed E-state index contributed by atoms with van der Waals surface area (Å²) in [5, 5.41) is 0. The summed E-state index contributed by atoms with van der Waals surface area (Å²) in [5.74, 6) is -0.918. The van der Waals surface area contributed by atoms with Crippen LogP contribution in [-0.4, -0.2) is 37.2 Å². The van der Waals surface area contributed by atoms with Gasteiger partial charge in [0.1, 0.15) is 13.2 Å². The van der Waals surface area contributed by atoms with Gasteiger partial charge in [0.2, 0.25) is 0 Å². The van der Waals surface area contributed by atoms with E-state index in [1.807, 2.05) is 0 Å². The molecule has 0 N–H and O–H groups in total. The van der Waals surface area contributed by atoms with Crippen molar-refractivity contribution in [3.8, 4) is 0 Å². The molecule has 0 saturated carbocycles. The fourth-order valence-electron chi connectivity index (χ4n) is 8.91. The highest BCUT2D eigenvalue weighted by atomic mass is 16.6. The molecule has 0 rings (SSSR count). The van der Waals surface area contributed by atoms with Gasteiger partial charge in [0.05, 0.1) is 0 Å². The molecule has 0 radical (unpaired) electrons. The Morgan fingerprint density at radius 2 is 0.500 bits per heavy atom. The lowest BCUT2D eigenvalue weighted by Crippen LogP contribution is -2.30. The maximum atomic E-state index is 12.9. The van der Waals surface area contributed by atoms with E-state index in [-0.39, 0.29) is 37.5 Å². The van der Waals surface area contributed by atoms with Gasteiger partial charge in [-0.05, 0) is 109 Å². The molecule has 6 heteroatoms. The molecule has 0 aromatic carbocycles. The van der Waals surface area contributed by atoms with Crippen molar-refractivity contribution in [3.63, 3.8) is 0 Å². The highest BCUT2D eigenvalue weighted by Crippen LogP contribution is 2.16. The van der Waals surface area contributed by atoms with Crippen LogP contribution >= 0.6 is 0 Å². The maximum Gasteiger partial charge on any atom is 0.306 e. The molecule has 0 bridgehead atoms. The molecule has 0 amide bonds. The molecule has 0 aromatic heterocycles. The van der Waals surface area contributed by atoms with Gasteiger partial charge in [-0.1, -0.05) is 290 Å². The zero-order valence-corrected chi connectivity index (χ0v) is 50.9. The Hall–Kier alpha value is -4.19. The second kappa shape index (κ2) is 65.3. The molecule has 0 fully saturated rings. The number of rotatable bonds is 58. The Morgan fingerprint density at radius 3 is 0.795 bits per heavy atom. The molecule has 444 valence electrons. The lowest BCUT2D eigenvalue weighted by atomic mass is 10.0. The first-order valence-corrected chi connectivity index (χ1v) is 32.5. The van der Waals surface area contributed by atoms with E-state index < -0.39 is 6.10 Å². The van der Waals surface area contributed by atoms with Crippen LogP contribution < -0.4 is 0 Å². The van der Waals surface area contributed by atoms with Crippen LogP contribution in [0.5, 0.6) is 0 Å². The third kappa shape index (κ3) is 62.7. The largest absolute Gasteiger partial charge is 0.462 e. The molecule has 0 heterocycles. The first-order valence-electron chi connectivity index (χ1n) is 32.5. The minimum absolute atomic E-state index is 0.0907. The van der Waals surface area contributed by atoms with Crippen molar-refractivity contribution in [3.05, 3.63) is 122 Å². The smallest absolute Gasteiger partial charge is 0.306 e. The summed E-state index contributed by atoms with van der Waals surface area (Å²) in [6, 6.07) is 0. The average molecular weight is 1080 g/mol. The van der Waals surface area contributed by atoms with Crippen molar-refractivity contribution >= 4 is 17.9 Å². The van der Waals surface area contributed by atoms with Crippen molar-refractivity contribution in [2.45, 2.75) is 303 Å². The SMILES string of the molecule is CC/C=C\C/C=C\C/C=C\C/C=C\C/C=C\CCCCCCCCCCCCCCCC(=O)OCC(COC(=O)CCCCCCCCCCCCCC)OC(=O)CCCCC/C=C\C/C=C\C/C=C\C/C=C\C/C=C\CC.